The van der Waals surface area contributed by atoms with Crippen molar-refractivity contribution in [1.29, 1.82) is 0 Å². The van der Waals surface area contributed by atoms with Crippen LogP contribution in [0.5, 0.6) is 0 Å². The van der Waals surface area contributed by atoms with Crippen LogP contribution >= 0.6 is 0 Å². The average molecular weight is 227 g/mol. The van der Waals surface area contributed by atoms with Crippen LogP contribution in [0.2, 0.25) is 0 Å². The van der Waals surface area contributed by atoms with Crippen LogP contribution < -0.4 is 5.73 Å². The Hall–Kier alpha value is -1.90. The van der Waals surface area contributed by atoms with E-state index in [9.17, 15) is 0 Å². The summed E-state index contributed by atoms with van der Waals surface area (Å²) in [6, 6.07) is 8.45. The molecule has 1 aromatic carbocycles. The van der Waals surface area contributed by atoms with E-state index in [1.165, 1.54) is 11.9 Å². The molecule has 0 atom stereocenters. The Labute approximate surface area is 102 Å². The lowest BCUT2D eigenvalue weighted by Crippen LogP contribution is -1.98. The lowest BCUT2D eigenvalue weighted by Gasteiger charge is -2.09. The topological polar surface area (TPSA) is 51.8 Å². The Morgan fingerprint density at radius 3 is 2.29 bits per heavy atom. The minimum atomic E-state index is 0.542. The molecule has 0 aliphatic carbocycles. The largest absolute Gasteiger partial charge is 0.383 e. The number of nitrogens with zero attached hydrogens (tertiary/aromatic N) is 2. The molecule has 0 saturated heterocycles. The third-order valence-corrected chi connectivity index (χ3v) is 2.97. The fourth-order valence-corrected chi connectivity index (χ4v) is 1.78. The smallest absolute Gasteiger partial charge is 0.130 e. The fraction of sp³-hybridized carbons (Fsp3) is 0.286. The van der Waals surface area contributed by atoms with Gasteiger partial charge in [-0.2, -0.15) is 0 Å². The molecule has 0 aliphatic rings. The van der Waals surface area contributed by atoms with Gasteiger partial charge in [0.15, 0.2) is 0 Å². The number of hydrogen-bond acceptors (Lipinski definition) is 3. The van der Waals surface area contributed by atoms with Gasteiger partial charge in [0.1, 0.15) is 12.1 Å². The molecular formula is C14H17N3. The molecule has 0 saturated carbocycles. The Kier molecular flexibility index (Phi) is 3.09. The SMILES string of the molecule is Cc1c(N)ncnc1-c1ccc(C(C)C)cc1. The van der Waals surface area contributed by atoms with Gasteiger partial charge in [0.05, 0.1) is 5.69 Å². The van der Waals surface area contributed by atoms with E-state index in [1.807, 2.05) is 6.92 Å². The highest BCUT2D eigenvalue weighted by Gasteiger charge is 2.07. The molecule has 2 aromatic rings. The first-order valence-corrected chi connectivity index (χ1v) is 5.77. The van der Waals surface area contributed by atoms with Crippen LogP contribution in [0.1, 0.15) is 30.9 Å². The molecule has 0 radical (unpaired) electrons. The predicted octanol–water partition coefficient (Wildman–Crippen LogP) is 3.16. The van der Waals surface area contributed by atoms with Gasteiger partial charge in [0.25, 0.3) is 0 Å². The third kappa shape index (κ3) is 2.28. The van der Waals surface area contributed by atoms with E-state index in [0.29, 0.717) is 11.7 Å². The van der Waals surface area contributed by atoms with E-state index < -0.39 is 0 Å². The van der Waals surface area contributed by atoms with Crippen molar-refractivity contribution in [2.24, 2.45) is 0 Å². The standard InChI is InChI=1S/C14H17N3/c1-9(2)11-4-6-12(7-5-11)13-10(3)14(15)17-8-16-13/h4-9H,1-3H3,(H2,15,16,17). The first-order chi connectivity index (χ1) is 8.09. The quantitative estimate of drug-likeness (QED) is 0.857. The van der Waals surface area contributed by atoms with Crippen LogP contribution in [-0.4, -0.2) is 9.97 Å². The lowest BCUT2D eigenvalue weighted by atomic mass is 9.99. The second-order valence-corrected chi connectivity index (χ2v) is 4.51. The van der Waals surface area contributed by atoms with Crippen molar-refractivity contribution in [2.75, 3.05) is 5.73 Å². The molecule has 0 spiro atoms. The molecule has 2 rings (SSSR count). The van der Waals surface area contributed by atoms with Crippen molar-refractivity contribution in [3.05, 3.63) is 41.7 Å². The zero-order chi connectivity index (χ0) is 12.4. The maximum Gasteiger partial charge on any atom is 0.130 e. The minimum absolute atomic E-state index is 0.542. The van der Waals surface area contributed by atoms with E-state index >= 15 is 0 Å². The molecule has 88 valence electrons. The van der Waals surface area contributed by atoms with E-state index in [1.54, 1.807) is 0 Å². The second-order valence-electron chi connectivity index (χ2n) is 4.51. The molecule has 1 heterocycles. The molecule has 0 amide bonds. The summed E-state index contributed by atoms with van der Waals surface area (Å²) in [5.41, 5.74) is 10.0. The predicted molar refractivity (Wildman–Crippen MR) is 70.7 cm³/mol. The summed E-state index contributed by atoms with van der Waals surface area (Å²) in [4.78, 5) is 8.27. The normalized spacial score (nSPS) is 10.8. The third-order valence-electron chi connectivity index (χ3n) is 2.97. The Balaban J connectivity index is 2.43. The van der Waals surface area contributed by atoms with Crippen molar-refractivity contribution in [3.63, 3.8) is 0 Å². The Morgan fingerprint density at radius 1 is 1.06 bits per heavy atom. The van der Waals surface area contributed by atoms with Gasteiger partial charge < -0.3 is 5.73 Å². The van der Waals surface area contributed by atoms with Crippen molar-refractivity contribution in [1.82, 2.24) is 9.97 Å². The van der Waals surface area contributed by atoms with Gasteiger partial charge in [-0.15, -0.1) is 0 Å². The first kappa shape index (κ1) is 11.6. The maximum absolute atomic E-state index is 5.78. The Morgan fingerprint density at radius 2 is 1.71 bits per heavy atom. The summed E-state index contributed by atoms with van der Waals surface area (Å²) >= 11 is 0. The van der Waals surface area contributed by atoms with E-state index in [2.05, 4.69) is 48.1 Å². The van der Waals surface area contributed by atoms with Gasteiger partial charge in [0, 0.05) is 11.1 Å². The summed E-state index contributed by atoms with van der Waals surface area (Å²) < 4.78 is 0. The maximum atomic E-state index is 5.78. The number of nitrogens with two attached hydrogens (primary N) is 1. The molecule has 0 unspecified atom stereocenters. The van der Waals surface area contributed by atoms with Crippen LogP contribution in [0.15, 0.2) is 30.6 Å². The minimum Gasteiger partial charge on any atom is -0.383 e. The van der Waals surface area contributed by atoms with Crippen LogP contribution in [-0.2, 0) is 0 Å². The van der Waals surface area contributed by atoms with Crippen molar-refractivity contribution < 1.29 is 0 Å². The van der Waals surface area contributed by atoms with Crippen molar-refractivity contribution in [2.45, 2.75) is 26.7 Å². The van der Waals surface area contributed by atoms with E-state index in [-0.39, 0.29) is 0 Å². The molecule has 3 heteroatoms. The zero-order valence-electron chi connectivity index (χ0n) is 10.4. The van der Waals surface area contributed by atoms with Gasteiger partial charge in [-0.1, -0.05) is 38.1 Å². The van der Waals surface area contributed by atoms with Gasteiger partial charge >= 0.3 is 0 Å². The number of nitrogen functional groups attached to an aromatic ring is 1. The highest BCUT2D eigenvalue weighted by molar-refractivity contribution is 5.67. The molecule has 1 aromatic heterocycles. The molecule has 3 nitrogen and oxygen atoms in total. The molecule has 0 bridgehead atoms. The first-order valence-electron chi connectivity index (χ1n) is 5.77. The number of rotatable bonds is 2. The number of aromatic nitrogens is 2. The van der Waals surface area contributed by atoms with E-state index in [4.69, 9.17) is 5.73 Å². The fourth-order valence-electron chi connectivity index (χ4n) is 1.78. The van der Waals surface area contributed by atoms with Gasteiger partial charge in [-0.05, 0) is 18.4 Å². The van der Waals surface area contributed by atoms with Crippen molar-refractivity contribution in [3.8, 4) is 11.3 Å². The highest BCUT2D eigenvalue weighted by Crippen LogP contribution is 2.25. The molecular weight excluding hydrogens is 210 g/mol. The van der Waals surface area contributed by atoms with Crippen LogP contribution in [0.4, 0.5) is 5.82 Å². The summed E-state index contributed by atoms with van der Waals surface area (Å²) in [7, 11) is 0. The highest BCUT2D eigenvalue weighted by atomic mass is 14.9. The van der Waals surface area contributed by atoms with Crippen molar-refractivity contribution >= 4 is 5.82 Å². The zero-order valence-corrected chi connectivity index (χ0v) is 10.4. The number of hydrogen-bond donors (Lipinski definition) is 1. The molecule has 0 aliphatic heterocycles. The van der Waals surface area contributed by atoms with Gasteiger partial charge in [-0.3, -0.25) is 0 Å². The summed E-state index contributed by atoms with van der Waals surface area (Å²) in [6.07, 6.45) is 1.51. The van der Waals surface area contributed by atoms with Crippen LogP contribution in [0, 0.1) is 6.92 Å². The summed E-state index contributed by atoms with van der Waals surface area (Å²) in [6.45, 7) is 6.31. The summed E-state index contributed by atoms with van der Waals surface area (Å²) in [5.74, 6) is 1.09. The molecule has 2 N–H and O–H groups in total. The molecule has 0 fully saturated rings. The van der Waals surface area contributed by atoms with Crippen LogP contribution in [0.25, 0.3) is 11.3 Å². The average Bonchev–Trinajstić information content (AvgIpc) is 2.33. The lowest BCUT2D eigenvalue weighted by molar-refractivity contribution is 0.867. The van der Waals surface area contributed by atoms with E-state index in [0.717, 1.165) is 16.8 Å². The molecule has 17 heavy (non-hydrogen) atoms. The number of benzene rings is 1. The Bertz CT molecular complexity index is 515. The van der Waals surface area contributed by atoms with Gasteiger partial charge in [0.2, 0.25) is 0 Å². The van der Waals surface area contributed by atoms with Crippen LogP contribution in [0.3, 0.4) is 0 Å². The summed E-state index contributed by atoms with van der Waals surface area (Å²) in [5, 5.41) is 0. The second kappa shape index (κ2) is 4.53. The number of anilines is 1. The monoisotopic (exact) mass is 227 g/mol. The van der Waals surface area contributed by atoms with Gasteiger partial charge in [-0.25, -0.2) is 9.97 Å².